The van der Waals surface area contributed by atoms with Crippen molar-refractivity contribution in [2.75, 3.05) is 0 Å². The van der Waals surface area contributed by atoms with Crippen molar-refractivity contribution in [1.82, 2.24) is 25.7 Å². The fourth-order valence-corrected chi connectivity index (χ4v) is 4.39. The Hall–Kier alpha value is -2.31. The number of carbonyl (C=O) groups excluding carboxylic acids is 1. The number of amides is 1. The average molecular weight is 369 g/mol. The van der Waals surface area contributed by atoms with E-state index in [1.54, 1.807) is 6.07 Å². The molecule has 2 aromatic heterocycles. The SMILES string of the molecule is Cc1cc(C(=O)NC2(c3noc(C4CCCC4)n3)CCCCCC2)cnn1. The molecule has 27 heavy (non-hydrogen) atoms. The topological polar surface area (TPSA) is 93.8 Å². The van der Waals surface area contributed by atoms with Gasteiger partial charge in [0.05, 0.1) is 17.5 Å². The fourth-order valence-electron chi connectivity index (χ4n) is 4.39. The smallest absolute Gasteiger partial charge is 0.253 e. The zero-order valence-electron chi connectivity index (χ0n) is 15.9. The van der Waals surface area contributed by atoms with Gasteiger partial charge in [-0.15, -0.1) is 0 Å². The minimum absolute atomic E-state index is 0.151. The normalized spacial score (nSPS) is 20.3. The highest BCUT2D eigenvalue weighted by Crippen LogP contribution is 2.38. The molecule has 0 saturated heterocycles. The van der Waals surface area contributed by atoms with Crippen molar-refractivity contribution in [3.8, 4) is 0 Å². The van der Waals surface area contributed by atoms with Gasteiger partial charge in [-0.2, -0.15) is 15.2 Å². The minimum Gasteiger partial charge on any atom is -0.339 e. The maximum atomic E-state index is 13.0. The second-order valence-electron chi connectivity index (χ2n) is 7.97. The van der Waals surface area contributed by atoms with E-state index in [0.717, 1.165) is 50.1 Å². The van der Waals surface area contributed by atoms with E-state index in [2.05, 4.69) is 20.7 Å². The third-order valence-electron chi connectivity index (χ3n) is 5.92. The zero-order valence-corrected chi connectivity index (χ0v) is 15.9. The van der Waals surface area contributed by atoms with Crippen molar-refractivity contribution in [3.05, 3.63) is 35.2 Å². The molecule has 7 heteroatoms. The summed E-state index contributed by atoms with van der Waals surface area (Å²) < 4.78 is 5.64. The first-order valence-electron chi connectivity index (χ1n) is 10.1. The van der Waals surface area contributed by atoms with Crippen molar-refractivity contribution >= 4 is 5.91 Å². The number of nitrogens with one attached hydrogen (secondary N) is 1. The summed E-state index contributed by atoms with van der Waals surface area (Å²) in [7, 11) is 0. The van der Waals surface area contributed by atoms with Crippen molar-refractivity contribution in [2.45, 2.75) is 82.6 Å². The van der Waals surface area contributed by atoms with Crippen molar-refractivity contribution in [1.29, 1.82) is 0 Å². The Morgan fingerprint density at radius 3 is 2.59 bits per heavy atom. The van der Waals surface area contributed by atoms with E-state index < -0.39 is 5.54 Å². The molecule has 2 fully saturated rings. The van der Waals surface area contributed by atoms with Crippen molar-refractivity contribution in [3.63, 3.8) is 0 Å². The maximum Gasteiger partial charge on any atom is 0.253 e. The molecular weight excluding hydrogens is 342 g/mol. The van der Waals surface area contributed by atoms with Crippen LogP contribution in [0.1, 0.15) is 97.9 Å². The van der Waals surface area contributed by atoms with E-state index in [1.165, 1.54) is 31.9 Å². The zero-order chi connectivity index (χ0) is 18.7. The van der Waals surface area contributed by atoms with Crippen LogP contribution >= 0.6 is 0 Å². The van der Waals surface area contributed by atoms with Crippen LogP contribution in [0.4, 0.5) is 0 Å². The Bertz CT molecular complexity index is 789. The Morgan fingerprint density at radius 1 is 1.15 bits per heavy atom. The molecule has 2 aliphatic rings. The fraction of sp³-hybridized carbons (Fsp3) is 0.650. The van der Waals surface area contributed by atoms with Gasteiger partial charge in [0.2, 0.25) is 5.89 Å². The molecule has 4 rings (SSSR count). The molecule has 7 nitrogen and oxygen atoms in total. The van der Waals surface area contributed by atoms with Gasteiger partial charge in [0.25, 0.3) is 5.91 Å². The van der Waals surface area contributed by atoms with Crippen LogP contribution < -0.4 is 5.32 Å². The van der Waals surface area contributed by atoms with Crippen molar-refractivity contribution in [2.24, 2.45) is 0 Å². The lowest BCUT2D eigenvalue weighted by Crippen LogP contribution is -2.46. The number of carbonyl (C=O) groups is 1. The van der Waals surface area contributed by atoms with Gasteiger partial charge in [0, 0.05) is 5.92 Å². The monoisotopic (exact) mass is 369 g/mol. The summed E-state index contributed by atoms with van der Waals surface area (Å²) in [4.78, 5) is 17.7. The molecular formula is C20H27N5O2. The summed E-state index contributed by atoms with van der Waals surface area (Å²) in [6.07, 6.45) is 12.3. The molecule has 0 unspecified atom stereocenters. The van der Waals surface area contributed by atoms with Gasteiger partial charge in [-0.3, -0.25) is 4.79 Å². The molecule has 1 amide bonds. The highest BCUT2D eigenvalue weighted by molar-refractivity contribution is 5.94. The predicted molar refractivity (Wildman–Crippen MR) is 99.1 cm³/mol. The van der Waals surface area contributed by atoms with Gasteiger partial charge in [0.15, 0.2) is 5.82 Å². The highest BCUT2D eigenvalue weighted by Gasteiger charge is 2.40. The van der Waals surface area contributed by atoms with Gasteiger partial charge in [-0.1, -0.05) is 43.7 Å². The van der Waals surface area contributed by atoms with E-state index in [4.69, 9.17) is 9.51 Å². The first-order valence-corrected chi connectivity index (χ1v) is 10.1. The van der Waals surface area contributed by atoms with Crippen LogP contribution in [-0.2, 0) is 5.54 Å². The molecule has 2 heterocycles. The minimum atomic E-state index is -0.564. The molecule has 0 aliphatic heterocycles. The number of nitrogens with zero attached hydrogens (tertiary/aromatic N) is 4. The lowest BCUT2D eigenvalue weighted by Gasteiger charge is -2.30. The van der Waals surface area contributed by atoms with Crippen LogP contribution in [0.25, 0.3) is 0 Å². The molecule has 2 aromatic rings. The third-order valence-corrected chi connectivity index (χ3v) is 5.92. The number of rotatable bonds is 4. The number of hydrogen-bond donors (Lipinski definition) is 1. The number of aryl methyl sites for hydroxylation is 1. The van der Waals surface area contributed by atoms with E-state index in [-0.39, 0.29) is 5.91 Å². The van der Waals surface area contributed by atoms with E-state index in [1.807, 2.05) is 6.92 Å². The lowest BCUT2D eigenvalue weighted by molar-refractivity contribution is 0.0876. The molecule has 2 saturated carbocycles. The van der Waals surface area contributed by atoms with Crippen LogP contribution in [0.5, 0.6) is 0 Å². The molecule has 0 aromatic carbocycles. The van der Waals surface area contributed by atoms with Crippen LogP contribution in [0.3, 0.4) is 0 Å². The summed E-state index contributed by atoms with van der Waals surface area (Å²) in [5, 5.41) is 15.4. The number of hydrogen-bond acceptors (Lipinski definition) is 6. The van der Waals surface area contributed by atoms with Crippen LogP contribution in [-0.4, -0.2) is 26.2 Å². The molecule has 1 N–H and O–H groups in total. The molecule has 2 aliphatic carbocycles. The summed E-state index contributed by atoms with van der Waals surface area (Å²) >= 11 is 0. The maximum absolute atomic E-state index is 13.0. The Labute approximate surface area is 159 Å². The first kappa shape index (κ1) is 18.1. The Balaban J connectivity index is 1.62. The molecule has 144 valence electrons. The average Bonchev–Trinajstić information content (AvgIpc) is 3.31. The van der Waals surface area contributed by atoms with Crippen LogP contribution in [0.15, 0.2) is 16.8 Å². The van der Waals surface area contributed by atoms with Gasteiger partial charge in [0.1, 0.15) is 5.54 Å². The Morgan fingerprint density at radius 2 is 1.89 bits per heavy atom. The van der Waals surface area contributed by atoms with Gasteiger partial charge in [-0.25, -0.2) is 0 Å². The molecule has 0 bridgehead atoms. The number of aromatic nitrogens is 4. The van der Waals surface area contributed by atoms with E-state index in [0.29, 0.717) is 17.3 Å². The van der Waals surface area contributed by atoms with E-state index >= 15 is 0 Å². The summed E-state index contributed by atoms with van der Waals surface area (Å²) in [5.74, 6) is 1.60. The first-order chi connectivity index (χ1) is 13.2. The van der Waals surface area contributed by atoms with Crippen molar-refractivity contribution < 1.29 is 9.32 Å². The summed E-state index contributed by atoms with van der Waals surface area (Å²) in [6, 6.07) is 1.76. The second-order valence-corrected chi connectivity index (χ2v) is 7.97. The van der Waals surface area contributed by atoms with Crippen LogP contribution in [0.2, 0.25) is 0 Å². The second kappa shape index (κ2) is 7.74. The third kappa shape index (κ3) is 3.87. The molecule has 0 atom stereocenters. The molecule has 0 radical (unpaired) electrons. The predicted octanol–water partition coefficient (Wildman–Crippen LogP) is 3.81. The van der Waals surface area contributed by atoms with Gasteiger partial charge in [-0.05, 0) is 38.7 Å². The van der Waals surface area contributed by atoms with Gasteiger partial charge >= 0.3 is 0 Å². The highest BCUT2D eigenvalue weighted by atomic mass is 16.5. The van der Waals surface area contributed by atoms with E-state index in [9.17, 15) is 4.79 Å². The quantitative estimate of drug-likeness (QED) is 0.824. The summed E-state index contributed by atoms with van der Waals surface area (Å²) in [6.45, 7) is 1.83. The van der Waals surface area contributed by atoms with Gasteiger partial charge < -0.3 is 9.84 Å². The summed E-state index contributed by atoms with van der Waals surface area (Å²) in [5.41, 5.74) is 0.678. The molecule has 0 spiro atoms. The largest absolute Gasteiger partial charge is 0.339 e. The van der Waals surface area contributed by atoms with Crippen LogP contribution in [0, 0.1) is 6.92 Å². The lowest BCUT2D eigenvalue weighted by atomic mass is 9.88. The Kier molecular flexibility index (Phi) is 5.18. The standard InChI is InChI=1S/C20H27N5O2/c1-14-12-16(13-21-24-14)17(26)23-20(10-6-2-3-7-11-20)19-22-18(27-25-19)15-8-4-5-9-15/h12-13,15H,2-11H2,1H3,(H,23,26).